The first-order chi connectivity index (χ1) is 18.8. The Morgan fingerprint density at radius 1 is 1.05 bits per heavy atom. The summed E-state index contributed by atoms with van der Waals surface area (Å²) in [6, 6.07) is 9.61. The Labute approximate surface area is 242 Å². The molecule has 1 aliphatic rings. The number of benzene rings is 2. The Balaban J connectivity index is 0.00000205. The maximum atomic E-state index is 9.83. The highest BCUT2D eigenvalue weighted by molar-refractivity contribution is 6.37. The van der Waals surface area contributed by atoms with Crippen LogP contribution < -0.4 is 14.8 Å². The minimum absolute atomic E-state index is 0.217. The number of halogens is 2. The number of pyridine rings is 1. The first kappa shape index (κ1) is 30.8. The summed E-state index contributed by atoms with van der Waals surface area (Å²) < 4.78 is 11.6. The molecule has 39 heavy (non-hydrogen) atoms. The number of nitriles is 1. The van der Waals surface area contributed by atoms with Crippen molar-refractivity contribution in [3.05, 3.63) is 51.6 Å². The molecular weight excluding hydrogens is 533 g/mol. The van der Waals surface area contributed by atoms with Crippen LogP contribution in [0.3, 0.4) is 0 Å². The van der Waals surface area contributed by atoms with Crippen LogP contribution >= 0.6 is 23.2 Å². The van der Waals surface area contributed by atoms with Crippen LogP contribution in [0.25, 0.3) is 10.9 Å². The molecule has 1 N–H and O–H groups in total. The first-order valence-corrected chi connectivity index (χ1v) is 14.3. The second-order valence-electron chi connectivity index (χ2n) is 9.66. The molecule has 3 aromatic rings. The van der Waals surface area contributed by atoms with Gasteiger partial charge in [-0.05, 0) is 37.1 Å². The Morgan fingerprint density at radius 3 is 2.41 bits per heavy atom. The van der Waals surface area contributed by atoms with E-state index in [2.05, 4.69) is 53.1 Å². The van der Waals surface area contributed by atoms with Gasteiger partial charge in [0.2, 0.25) is 0 Å². The number of nitrogens with one attached hydrogen (secondary N) is 1. The summed E-state index contributed by atoms with van der Waals surface area (Å²) in [5.74, 6) is 1.53. The van der Waals surface area contributed by atoms with Crippen molar-refractivity contribution in [1.29, 1.82) is 5.26 Å². The van der Waals surface area contributed by atoms with E-state index in [0.29, 0.717) is 39.3 Å². The SMILES string of the molecule is CC.COc1cc(Nc2c(C#N)cnc3cc(OCCCN4CCN(C)CC4)c(C(C)C)cc23)c(Cl)cc1Cl. The average Bonchev–Trinajstić information content (AvgIpc) is 2.94. The number of hydrogen-bond donors (Lipinski definition) is 1. The summed E-state index contributed by atoms with van der Waals surface area (Å²) in [6.45, 7) is 14.4. The molecule has 7 nitrogen and oxygen atoms in total. The predicted molar refractivity (Wildman–Crippen MR) is 162 cm³/mol. The molecule has 1 aliphatic heterocycles. The fraction of sp³-hybridized carbons (Fsp3) is 0.467. The molecule has 0 saturated carbocycles. The van der Waals surface area contributed by atoms with Crippen LogP contribution in [0, 0.1) is 11.3 Å². The van der Waals surface area contributed by atoms with Gasteiger partial charge in [0.1, 0.15) is 17.6 Å². The molecule has 1 saturated heterocycles. The van der Waals surface area contributed by atoms with Gasteiger partial charge in [-0.1, -0.05) is 50.9 Å². The Morgan fingerprint density at radius 2 is 1.77 bits per heavy atom. The summed E-state index contributed by atoms with van der Waals surface area (Å²) in [5, 5.41) is 14.8. The lowest BCUT2D eigenvalue weighted by molar-refractivity contribution is 0.145. The molecule has 4 rings (SSSR count). The monoisotopic (exact) mass is 571 g/mol. The van der Waals surface area contributed by atoms with Gasteiger partial charge in [0, 0.05) is 56.4 Å². The zero-order chi connectivity index (χ0) is 28.5. The maximum absolute atomic E-state index is 9.83. The second-order valence-corrected chi connectivity index (χ2v) is 10.5. The lowest BCUT2D eigenvalue weighted by atomic mass is 9.98. The van der Waals surface area contributed by atoms with Gasteiger partial charge < -0.3 is 24.6 Å². The molecule has 0 atom stereocenters. The molecule has 2 aromatic carbocycles. The minimum atomic E-state index is 0.217. The molecule has 1 aromatic heterocycles. The number of fused-ring (bicyclic) bond motifs is 1. The van der Waals surface area contributed by atoms with Crippen LogP contribution in [0.5, 0.6) is 11.5 Å². The second kappa shape index (κ2) is 14.6. The highest BCUT2D eigenvalue weighted by Gasteiger charge is 2.18. The molecule has 0 aliphatic carbocycles. The lowest BCUT2D eigenvalue weighted by Crippen LogP contribution is -2.44. The minimum Gasteiger partial charge on any atom is -0.495 e. The first-order valence-electron chi connectivity index (χ1n) is 13.5. The smallest absolute Gasteiger partial charge is 0.139 e. The van der Waals surface area contributed by atoms with Gasteiger partial charge in [0.15, 0.2) is 0 Å². The quantitative estimate of drug-likeness (QED) is 0.269. The summed E-state index contributed by atoms with van der Waals surface area (Å²) in [4.78, 5) is 9.42. The van der Waals surface area contributed by atoms with E-state index in [9.17, 15) is 5.26 Å². The van der Waals surface area contributed by atoms with E-state index < -0.39 is 0 Å². The Bertz CT molecular complexity index is 1300. The number of likely N-dealkylation sites (N-methyl/N-ethyl adjacent to an activating group) is 1. The molecule has 1 fully saturated rings. The number of methoxy groups -OCH3 is 1. The number of ether oxygens (including phenoxy) is 2. The molecule has 210 valence electrons. The number of nitrogens with zero attached hydrogens (tertiary/aromatic N) is 4. The predicted octanol–water partition coefficient (Wildman–Crippen LogP) is 7.33. The number of hydrogen-bond acceptors (Lipinski definition) is 7. The number of piperazine rings is 1. The lowest BCUT2D eigenvalue weighted by Gasteiger charge is -2.32. The molecule has 0 unspecified atom stereocenters. The molecule has 2 heterocycles. The molecule has 9 heteroatoms. The third-order valence-corrected chi connectivity index (χ3v) is 7.32. The van der Waals surface area contributed by atoms with Gasteiger partial charge in [-0.15, -0.1) is 0 Å². The highest BCUT2D eigenvalue weighted by Crippen LogP contribution is 2.40. The van der Waals surface area contributed by atoms with E-state index in [0.717, 1.165) is 61.4 Å². The molecule has 0 radical (unpaired) electrons. The van der Waals surface area contributed by atoms with Crippen molar-refractivity contribution >= 4 is 45.5 Å². The van der Waals surface area contributed by atoms with Gasteiger partial charge in [-0.2, -0.15) is 5.26 Å². The molecule has 0 bridgehead atoms. The van der Waals surface area contributed by atoms with Gasteiger partial charge in [0.25, 0.3) is 0 Å². The van der Waals surface area contributed by atoms with Crippen LogP contribution in [-0.4, -0.2) is 68.3 Å². The van der Waals surface area contributed by atoms with Gasteiger partial charge in [-0.3, -0.25) is 4.98 Å². The number of anilines is 2. The third kappa shape index (κ3) is 7.67. The Kier molecular flexibility index (Phi) is 11.5. The van der Waals surface area contributed by atoms with Crippen molar-refractivity contribution in [2.75, 3.05) is 58.8 Å². The highest BCUT2D eigenvalue weighted by atomic mass is 35.5. The topological polar surface area (TPSA) is 73.6 Å². The maximum Gasteiger partial charge on any atom is 0.139 e. The van der Waals surface area contributed by atoms with Crippen LogP contribution in [0.2, 0.25) is 10.0 Å². The zero-order valence-electron chi connectivity index (χ0n) is 23.8. The van der Waals surface area contributed by atoms with Crippen LogP contribution in [0.15, 0.2) is 30.5 Å². The van der Waals surface area contributed by atoms with E-state index in [1.54, 1.807) is 25.4 Å². The largest absolute Gasteiger partial charge is 0.495 e. The fourth-order valence-electron chi connectivity index (χ4n) is 4.49. The summed E-state index contributed by atoms with van der Waals surface area (Å²) in [7, 11) is 3.71. The standard InChI is InChI=1S/C28H33Cl2N5O2.C2H6/c1-18(2)20-12-21-24(14-26(20)37-11-5-6-35-9-7-34(3)8-10-35)32-17-19(16-31)28(21)33-25-15-27(36-4)23(30)13-22(25)29;1-2/h12-15,17-18H,5-11H2,1-4H3,(H,32,33);1-2H3. The van der Waals surface area contributed by atoms with E-state index in [-0.39, 0.29) is 5.92 Å². The van der Waals surface area contributed by atoms with Crippen molar-refractivity contribution in [2.45, 2.75) is 40.0 Å². The van der Waals surface area contributed by atoms with Crippen LogP contribution in [0.4, 0.5) is 11.4 Å². The number of rotatable bonds is 9. The van der Waals surface area contributed by atoms with E-state index >= 15 is 0 Å². The van der Waals surface area contributed by atoms with E-state index in [1.165, 1.54) is 0 Å². The Hall–Kier alpha value is -2.76. The van der Waals surface area contributed by atoms with Gasteiger partial charge in [0.05, 0.1) is 46.2 Å². The average molecular weight is 573 g/mol. The molecule has 0 spiro atoms. The normalized spacial score (nSPS) is 14.1. The van der Waals surface area contributed by atoms with Crippen molar-refractivity contribution in [2.24, 2.45) is 0 Å². The molecule has 0 amide bonds. The van der Waals surface area contributed by atoms with Crippen LogP contribution in [0.1, 0.15) is 51.2 Å². The third-order valence-electron chi connectivity index (χ3n) is 6.72. The zero-order valence-corrected chi connectivity index (χ0v) is 25.3. The van der Waals surface area contributed by atoms with Gasteiger partial charge >= 0.3 is 0 Å². The van der Waals surface area contributed by atoms with Gasteiger partial charge in [-0.25, -0.2) is 0 Å². The van der Waals surface area contributed by atoms with Crippen molar-refractivity contribution in [3.8, 4) is 17.6 Å². The fourth-order valence-corrected chi connectivity index (χ4v) is 5.00. The summed E-state index contributed by atoms with van der Waals surface area (Å²) >= 11 is 12.7. The summed E-state index contributed by atoms with van der Waals surface area (Å²) in [5.41, 5.74) is 3.42. The van der Waals surface area contributed by atoms with Crippen LogP contribution in [-0.2, 0) is 0 Å². The van der Waals surface area contributed by atoms with E-state index in [1.807, 2.05) is 19.9 Å². The van der Waals surface area contributed by atoms with E-state index in [4.69, 9.17) is 32.7 Å². The van der Waals surface area contributed by atoms with Crippen molar-refractivity contribution in [1.82, 2.24) is 14.8 Å². The number of aromatic nitrogens is 1. The van der Waals surface area contributed by atoms with Crippen molar-refractivity contribution in [3.63, 3.8) is 0 Å². The van der Waals surface area contributed by atoms with Crippen molar-refractivity contribution < 1.29 is 9.47 Å². The summed E-state index contributed by atoms with van der Waals surface area (Å²) in [6.07, 6.45) is 2.53. The molecular formula is C30H39Cl2N5O2.